The molecule has 1 aliphatic rings. The average molecular weight is 262 g/mol. The molecule has 1 atom stereocenters. The Morgan fingerprint density at radius 1 is 1.37 bits per heavy atom. The molecule has 3 N–H and O–H groups in total. The van der Waals surface area contributed by atoms with E-state index in [1.165, 1.54) is 0 Å². The number of ether oxygens (including phenoxy) is 1. The summed E-state index contributed by atoms with van der Waals surface area (Å²) in [6.45, 7) is 0.490. The highest BCUT2D eigenvalue weighted by molar-refractivity contribution is 5.83. The van der Waals surface area contributed by atoms with Gasteiger partial charge >= 0.3 is 0 Å². The SMILES string of the molecule is COC(C(=O)NC1(CN)CCCC1)c1ccccc1. The van der Waals surface area contributed by atoms with E-state index in [1.807, 2.05) is 30.3 Å². The Bertz CT molecular complexity index is 413. The van der Waals surface area contributed by atoms with Gasteiger partial charge in [0.2, 0.25) is 0 Å². The van der Waals surface area contributed by atoms with Gasteiger partial charge in [-0.2, -0.15) is 0 Å². The number of nitrogens with two attached hydrogens (primary N) is 1. The molecule has 0 radical (unpaired) electrons. The van der Waals surface area contributed by atoms with Crippen LogP contribution in [0.3, 0.4) is 0 Å². The highest BCUT2D eigenvalue weighted by Gasteiger charge is 2.36. The van der Waals surface area contributed by atoms with Crippen molar-refractivity contribution in [3.63, 3.8) is 0 Å². The number of hydrogen-bond donors (Lipinski definition) is 2. The van der Waals surface area contributed by atoms with Gasteiger partial charge in [-0.3, -0.25) is 4.79 Å². The van der Waals surface area contributed by atoms with Crippen LogP contribution >= 0.6 is 0 Å². The van der Waals surface area contributed by atoms with E-state index in [4.69, 9.17) is 10.5 Å². The lowest BCUT2D eigenvalue weighted by Gasteiger charge is -2.30. The molecule has 1 unspecified atom stereocenters. The molecule has 0 bridgehead atoms. The number of benzene rings is 1. The zero-order valence-electron chi connectivity index (χ0n) is 11.4. The van der Waals surface area contributed by atoms with Crippen molar-refractivity contribution < 1.29 is 9.53 Å². The Kier molecular flexibility index (Phi) is 4.56. The molecule has 104 valence electrons. The Balaban J connectivity index is 2.09. The minimum Gasteiger partial charge on any atom is -0.367 e. The predicted octanol–water partition coefficient (Wildman–Crippen LogP) is 1.76. The molecule has 2 rings (SSSR count). The fourth-order valence-corrected chi connectivity index (χ4v) is 2.78. The summed E-state index contributed by atoms with van der Waals surface area (Å²) in [5.41, 5.74) is 6.48. The first-order chi connectivity index (χ1) is 9.21. The predicted molar refractivity (Wildman–Crippen MR) is 74.6 cm³/mol. The molecule has 1 aliphatic carbocycles. The number of rotatable bonds is 5. The topological polar surface area (TPSA) is 64.3 Å². The Morgan fingerprint density at radius 3 is 2.53 bits per heavy atom. The number of nitrogens with one attached hydrogen (secondary N) is 1. The van der Waals surface area contributed by atoms with Crippen LogP contribution in [0.15, 0.2) is 30.3 Å². The summed E-state index contributed by atoms with van der Waals surface area (Å²) in [4.78, 5) is 12.4. The molecule has 0 spiro atoms. The average Bonchev–Trinajstić information content (AvgIpc) is 2.90. The Morgan fingerprint density at radius 2 is 2.00 bits per heavy atom. The highest BCUT2D eigenvalue weighted by Crippen LogP contribution is 2.29. The highest BCUT2D eigenvalue weighted by atomic mass is 16.5. The monoisotopic (exact) mass is 262 g/mol. The molecule has 0 aliphatic heterocycles. The molecule has 0 aromatic heterocycles. The van der Waals surface area contributed by atoms with Crippen LogP contribution in [0.25, 0.3) is 0 Å². The minimum absolute atomic E-state index is 0.0962. The van der Waals surface area contributed by atoms with Gasteiger partial charge in [0.15, 0.2) is 6.10 Å². The zero-order valence-corrected chi connectivity index (χ0v) is 11.4. The van der Waals surface area contributed by atoms with E-state index in [-0.39, 0.29) is 11.4 Å². The molecule has 1 aromatic rings. The zero-order chi connectivity index (χ0) is 13.7. The third-order valence-electron chi connectivity index (χ3n) is 3.92. The lowest BCUT2D eigenvalue weighted by atomic mass is 9.96. The second-order valence-electron chi connectivity index (χ2n) is 5.21. The molecular formula is C15H22N2O2. The number of amides is 1. The molecule has 0 heterocycles. The molecule has 1 saturated carbocycles. The van der Waals surface area contributed by atoms with Crippen LogP contribution < -0.4 is 11.1 Å². The van der Waals surface area contributed by atoms with E-state index in [1.54, 1.807) is 7.11 Å². The number of carbonyl (C=O) groups excluding carboxylic acids is 1. The number of hydrogen-bond acceptors (Lipinski definition) is 3. The maximum atomic E-state index is 12.4. The maximum Gasteiger partial charge on any atom is 0.254 e. The van der Waals surface area contributed by atoms with Gasteiger partial charge in [0, 0.05) is 13.7 Å². The standard InChI is InChI=1S/C15H22N2O2/c1-19-13(12-7-3-2-4-8-12)14(18)17-15(11-16)9-5-6-10-15/h2-4,7-8,13H,5-6,9-11,16H2,1H3,(H,17,18). The van der Waals surface area contributed by atoms with E-state index in [9.17, 15) is 4.79 Å². The second-order valence-corrected chi connectivity index (χ2v) is 5.21. The minimum atomic E-state index is -0.565. The molecule has 4 nitrogen and oxygen atoms in total. The van der Waals surface area contributed by atoms with Gasteiger partial charge in [-0.05, 0) is 18.4 Å². The molecule has 4 heteroatoms. The van der Waals surface area contributed by atoms with Crippen LogP contribution in [0.5, 0.6) is 0 Å². The van der Waals surface area contributed by atoms with Gasteiger partial charge in [-0.15, -0.1) is 0 Å². The van der Waals surface area contributed by atoms with Gasteiger partial charge in [0.25, 0.3) is 5.91 Å². The van der Waals surface area contributed by atoms with E-state index < -0.39 is 6.10 Å². The molecule has 1 aromatic carbocycles. The lowest BCUT2D eigenvalue weighted by molar-refractivity contribution is -0.133. The fourth-order valence-electron chi connectivity index (χ4n) is 2.78. The third kappa shape index (κ3) is 3.14. The van der Waals surface area contributed by atoms with Crippen molar-refractivity contribution in [1.29, 1.82) is 0 Å². The van der Waals surface area contributed by atoms with Crippen LogP contribution in [0.1, 0.15) is 37.4 Å². The second kappa shape index (κ2) is 6.17. The van der Waals surface area contributed by atoms with Gasteiger partial charge in [-0.25, -0.2) is 0 Å². The van der Waals surface area contributed by atoms with Crippen LogP contribution in [0.2, 0.25) is 0 Å². The first-order valence-corrected chi connectivity index (χ1v) is 6.81. The van der Waals surface area contributed by atoms with Crippen molar-refractivity contribution in [3.8, 4) is 0 Å². The normalized spacial score (nSPS) is 19.1. The fraction of sp³-hybridized carbons (Fsp3) is 0.533. The summed E-state index contributed by atoms with van der Waals surface area (Å²) in [5, 5.41) is 3.10. The van der Waals surface area contributed by atoms with E-state index in [2.05, 4.69) is 5.32 Å². The quantitative estimate of drug-likeness (QED) is 0.850. The van der Waals surface area contributed by atoms with Gasteiger partial charge in [0.05, 0.1) is 5.54 Å². The molecule has 1 amide bonds. The van der Waals surface area contributed by atoms with Gasteiger partial charge < -0.3 is 15.8 Å². The van der Waals surface area contributed by atoms with Crippen LogP contribution in [0, 0.1) is 0 Å². The number of methoxy groups -OCH3 is 1. The summed E-state index contributed by atoms with van der Waals surface area (Å²) in [6, 6.07) is 9.54. The summed E-state index contributed by atoms with van der Waals surface area (Å²) < 4.78 is 5.35. The summed E-state index contributed by atoms with van der Waals surface area (Å²) in [5.74, 6) is -0.0962. The van der Waals surface area contributed by atoms with Crippen LogP contribution in [-0.2, 0) is 9.53 Å². The van der Waals surface area contributed by atoms with Crippen molar-refractivity contribution in [2.75, 3.05) is 13.7 Å². The Labute approximate surface area is 114 Å². The van der Waals surface area contributed by atoms with Crippen LogP contribution in [-0.4, -0.2) is 25.1 Å². The molecule has 1 fully saturated rings. The van der Waals surface area contributed by atoms with Crippen molar-refractivity contribution in [3.05, 3.63) is 35.9 Å². The summed E-state index contributed by atoms with van der Waals surface area (Å²) in [6.07, 6.45) is 3.60. The van der Waals surface area contributed by atoms with Crippen molar-refractivity contribution in [2.45, 2.75) is 37.3 Å². The molecule has 19 heavy (non-hydrogen) atoms. The van der Waals surface area contributed by atoms with Crippen molar-refractivity contribution in [1.82, 2.24) is 5.32 Å². The van der Waals surface area contributed by atoms with Crippen molar-refractivity contribution in [2.24, 2.45) is 5.73 Å². The largest absolute Gasteiger partial charge is 0.367 e. The first kappa shape index (κ1) is 14.0. The van der Waals surface area contributed by atoms with Gasteiger partial charge in [0.1, 0.15) is 0 Å². The van der Waals surface area contributed by atoms with E-state index in [0.29, 0.717) is 6.54 Å². The van der Waals surface area contributed by atoms with E-state index >= 15 is 0 Å². The molecular weight excluding hydrogens is 240 g/mol. The van der Waals surface area contributed by atoms with Crippen molar-refractivity contribution >= 4 is 5.91 Å². The van der Waals surface area contributed by atoms with Gasteiger partial charge in [-0.1, -0.05) is 43.2 Å². The summed E-state index contributed by atoms with van der Waals surface area (Å²) in [7, 11) is 1.56. The smallest absolute Gasteiger partial charge is 0.254 e. The number of carbonyl (C=O) groups is 1. The maximum absolute atomic E-state index is 12.4. The van der Waals surface area contributed by atoms with E-state index in [0.717, 1.165) is 31.2 Å². The third-order valence-corrected chi connectivity index (χ3v) is 3.92. The summed E-state index contributed by atoms with van der Waals surface area (Å²) >= 11 is 0. The first-order valence-electron chi connectivity index (χ1n) is 6.81. The van der Waals surface area contributed by atoms with Crippen LogP contribution in [0.4, 0.5) is 0 Å². The molecule has 0 saturated heterocycles. The Hall–Kier alpha value is -1.39. The lowest BCUT2D eigenvalue weighted by Crippen LogP contribution is -2.53.